The molecule has 0 spiro atoms. The number of urea groups is 1. The molecule has 2 atom stereocenters. The number of imide groups is 1. The van der Waals surface area contributed by atoms with E-state index < -0.39 is 29.9 Å². The average molecular weight is 571 g/mol. The molecule has 4 amide bonds. The number of hydrogen-bond donors (Lipinski definition) is 2. The molecule has 2 N–H and O–H groups in total. The third kappa shape index (κ3) is 8.21. The number of ether oxygens (including phenoxy) is 1. The number of nitrogens with one attached hydrogen (secondary N) is 1. The molecule has 3 aliphatic heterocycles. The Bertz CT molecular complexity index is 1030. The molecular formula is C31H46N4O6. The van der Waals surface area contributed by atoms with E-state index in [-0.39, 0.29) is 25.6 Å². The molecule has 0 unspecified atom stereocenters. The molecular weight excluding hydrogens is 524 g/mol. The van der Waals surface area contributed by atoms with E-state index in [9.17, 15) is 24.3 Å². The Morgan fingerprint density at radius 1 is 0.927 bits per heavy atom. The predicted octanol–water partition coefficient (Wildman–Crippen LogP) is 3.53. The van der Waals surface area contributed by atoms with Crippen LogP contribution in [0.4, 0.5) is 4.79 Å². The average Bonchev–Trinajstić information content (AvgIpc) is 2.99. The summed E-state index contributed by atoms with van der Waals surface area (Å²) in [5.74, 6) is -1.41. The van der Waals surface area contributed by atoms with Gasteiger partial charge in [-0.25, -0.2) is 14.5 Å². The van der Waals surface area contributed by atoms with E-state index in [0.717, 1.165) is 37.3 Å². The topological polar surface area (TPSA) is 119 Å². The summed E-state index contributed by atoms with van der Waals surface area (Å²) in [5.41, 5.74) is 1.27. The van der Waals surface area contributed by atoms with Gasteiger partial charge in [0.1, 0.15) is 5.75 Å². The Morgan fingerprint density at radius 2 is 1.56 bits per heavy atom. The van der Waals surface area contributed by atoms with Gasteiger partial charge in [0.25, 0.3) is 5.91 Å². The number of carboxylic acids is 1. The number of nitrogens with zero attached hydrogens (tertiary/aromatic N) is 3. The molecule has 226 valence electrons. The van der Waals surface area contributed by atoms with E-state index in [1.54, 1.807) is 4.90 Å². The number of piperidine rings is 1. The van der Waals surface area contributed by atoms with Gasteiger partial charge in [0, 0.05) is 26.2 Å². The minimum absolute atomic E-state index is 0.0885. The molecule has 0 radical (unpaired) electrons. The molecule has 3 saturated heterocycles. The molecule has 0 bridgehead atoms. The van der Waals surface area contributed by atoms with Gasteiger partial charge in [-0.15, -0.1) is 0 Å². The minimum Gasteiger partial charge on any atom is -0.484 e. The highest BCUT2D eigenvalue weighted by molar-refractivity contribution is 6.07. The lowest BCUT2D eigenvalue weighted by Gasteiger charge is -2.47. The van der Waals surface area contributed by atoms with Gasteiger partial charge in [0.2, 0.25) is 5.91 Å². The fraction of sp³-hybridized carbons (Fsp3) is 0.677. The number of piperazine rings is 1. The Balaban J connectivity index is 1.17. The van der Waals surface area contributed by atoms with Crippen molar-refractivity contribution in [3.63, 3.8) is 0 Å². The monoisotopic (exact) mass is 570 g/mol. The van der Waals surface area contributed by atoms with Crippen LogP contribution < -0.4 is 10.1 Å². The number of hydrogen-bond acceptors (Lipinski definition) is 6. The number of amides is 4. The zero-order valence-electron chi connectivity index (χ0n) is 24.4. The van der Waals surface area contributed by atoms with Crippen LogP contribution in [-0.2, 0) is 20.8 Å². The van der Waals surface area contributed by atoms with Gasteiger partial charge < -0.3 is 25.0 Å². The van der Waals surface area contributed by atoms with Crippen molar-refractivity contribution in [1.29, 1.82) is 0 Å². The highest BCUT2D eigenvalue weighted by Gasteiger charge is 2.56. The van der Waals surface area contributed by atoms with Crippen LogP contribution in [0.2, 0.25) is 0 Å². The highest BCUT2D eigenvalue weighted by atomic mass is 16.5. The Morgan fingerprint density at radius 3 is 2.22 bits per heavy atom. The molecule has 3 heterocycles. The quantitative estimate of drug-likeness (QED) is 0.275. The maximum absolute atomic E-state index is 13.1. The SMILES string of the molecule is CCCCCCCCc1ccc(OCC(=O)N2CCN(C(=O)N3C(=O)[C@H](CC4CCNCC4)[C@H]3C(=O)O)CC2)cc1. The van der Waals surface area contributed by atoms with Crippen LogP contribution in [0.15, 0.2) is 24.3 Å². The van der Waals surface area contributed by atoms with Crippen LogP contribution in [0, 0.1) is 11.8 Å². The smallest absolute Gasteiger partial charge is 0.327 e. The van der Waals surface area contributed by atoms with Crippen molar-refractivity contribution in [2.75, 3.05) is 45.9 Å². The normalized spacial score (nSPS) is 21.5. The molecule has 1 aromatic rings. The van der Waals surface area contributed by atoms with Crippen LogP contribution in [0.1, 0.15) is 70.3 Å². The molecule has 0 aliphatic carbocycles. The van der Waals surface area contributed by atoms with Gasteiger partial charge in [-0.2, -0.15) is 0 Å². The van der Waals surface area contributed by atoms with Crippen molar-refractivity contribution in [2.24, 2.45) is 11.8 Å². The van der Waals surface area contributed by atoms with E-state index in [2.05, 4.69) is 24.4 Å². The maximum Gasteiger partial charge on any atom is 0.327 e. The number of rotatable bonds is 13. The molecule has 0 saturated carbocycles. The Hall–Kier alpha value is -3.14. The first-order valence-electron chi connectivity index (χ1n) is 15.4. The molecule has 0 aromatic heterocycles. The predicted molar refractivity (Wildman–Crippen MR) is 155 cm³/mol. The van der Waals surface area contributed by atoms with Crippen LogP contribution in [0.3, 0.4) is 0 Å². The summed E-state index contributed by atoms with van der Waals surface area (Å²) < 4.78 is 5.72. The van der Waals surface area contributed by atoms with E-state index in [0.29, 0.717) is 31.2 Å². The molecule has 10 heteroatoms. The van der Waals surface area contributed by atoms with Crippen molar-refractivity contribution < 1.29 is 29.0 Å². The second kappa shape index (κ2) is 15.2. The van der Waals surface area contributed by atoms with E-state index >= 15 is 0 Å². The van der Waals surface area contributed by atoms with Gasteiger partial charge >= 0.3 is 12.0 Å². The number of unbranched alkanes of at least 4 members (excludes halogenated alkanes) is 5. The Labute approximate surface area is 243 Å². The first-order chi connectivity index (χ1) is 19.9. The lowest BCUT2D eigenvalue weighted by Crippen LogP contribution is -2.69. The largest absolute Gasteiger partial charge is 0.484 e. The van der Waals surface area contributed by atoms with Crippen LogP contribution >= 0.6 is 0 Å². The summed E-state index contributed by atoms with van der Waals surface area (Å²) in [6, 6.07) is 6.21. The number of carbonyl (C=O) groups is 4. The molecule has 41 heavy (non-hydrogen) atoms. The third-order valence-electron chi connectivity index (χ3n) is 8.73. The minimum atomic E-state index is -1.14. The van der Waals surface area contributed by atoms with Crippen molar-refractivity contribution in [3.05, 3.63) is 29.8 Å². The zero-order valence-corrected chi connectivity index (χ0v) is 24.4. The van der Waals surface area contributed by atoms with E-state index in [1.165, 1.54) is 49.0 Å². The number of carboxylic acid groups (broad SMARTS) is 1. The summed E-state index contributed by atoms with van der Waals surface area (Å²) >= 11 is 0. The van der Waals surface area contributed by atoms with Gasteiger partial charge in [-0.1, -0.05) is 51.2 Å². The number of carbonyl (C=O) groups excluding carboxylic acids is 3. The van der Waals surface area contributed by atoms with Crippen molar-refractivity contribution in [3.8, 4) is 5.75 Å². The number of aliphatic carboxylic acids is 1. The van der Waals surface area contributed by atoms with Gasteiger partial charge in [-0.3, -0.25) is 9.59 Å². The van der Waals surface area contributed by atoms with E-state index in [4.69, 9.17) is 4.74 Å². The summed E-state index contributed by atoms with van der Waals surface area (Å²) in [4.78, 5) is 54.7. The van der Waals surface area contributed by atoms with Gasteiger partial charge in [-0.05, 0) is 68.8 Å². The summed E-state index contributed by atoms with van der Waals surface area (Å²) in [6.45, 7) is 4.97. The van der Waals surface area contributed by atoms with Crippen LogP contribution in [0.25, 0.3) is 0 Å². The fourth-order valence-electron chi connectivity index (χ4n) is 6.15. The van der Waals surface area contributed by atoms with E-state index in [1.807, 2.05) is 12.1 Å². The summed E-state index contributed by atoms with van der Waals surface area (Å²) in [7, 11) is 0. The van der Waals surface area contributed by atoms with Crippen molar-refractivity contribution >= 4 is 23.8 Å². The number of likely N-dealkylation sites (tertiary alicyclic amines) is 1. The first kappa shape index (κ1) is 30.8. The fourth-order valence-corrected chi connectivity index (χ4v) is 6.15. The second-order valence-corrected chi connectivity index (χ2v) is 11.6. The molecule has 1 aromatic carbocycles. The standard InChI is InChI=1S/C31H46N4O6/c1-2-3-4-5-6-7-8-23-9-11-25(12-10-23)41-22-27(36)33-17-19-34(20-18-33)31(40)35-28(30(38)39)26(29(35)37)21-24-13-15-32-16-14-24/h9-12,24,26,28,32H,2-8,13-22H2,1H3,(H,38,39)/t26-,28+/m1/s1. The summed E-state index contributed by atoms with van der Waals surface area (Å²) in [5, 5.41) is 13.1. The van der Waals surface area contributed by atoms with Gasteiger partial charge in [0.05, 0.1) is 5.92 Å². The first-order valence-corrected chi connectivity index (χ1v) is 15.4. The lowest BCUT2D eigenvalue weighted by molar-refractivity contribution is -0.167. The lowest BCUT2D eigenvalue weighted by atomic mass is 9.78. The van der Waals surface area contributed by atoms with Crippen LogP contribution in [-0.4, -0.2) is 95.5 Å². The highest BCUT2D eigenvalue weighted by Crippen LogP contribution is 2.35. The van der Waals surface area contributed by atoms with Crippen LogP contribution in [0.5, 0.6) is 5.75 Å². The van der Waals surface area contributed by atoms with Crippen molar-refractivity contribution in [2.45, 2.75) is 77.2 Å². The summed E-state index contributed by atoms with van der Waals surface area (Å²) in [6.07, 6.45) is 11.0. The molecule has 4 rings (SSSR count). The maximum atomic E-state index is 13.1. The molecule has 10 nitrogen and oxygen atoms in total. The second-order valence-electron chi connectivity index (χ2n) is 11.6. The third-order valence-corrected chi connectivity index (χ3v) is 8.73. The Kier molecular flexibility index (Phi) is 11.4. The van der Waals surface area contributed by atoms with Gasteiger partial charge in [0.15, 0.2) is 12.6 Å². The molecule has 3 fully saturated rings. The number of β-lactam (4-membered cyclic amide) rings is 1. The molecule has 3 aliphatic rings. The number of aryl methyl sites for hydroxylation is 1. The van der Waals surface area contributed by atoms with Crippen molar-refractivity contribution in [1.82, 2.24) is 20.0 Å². The number of benzene rings is 1. The zero-order chi connectivity index (χ0) is 29.2.